The number of rotatable bonds is 22. The molecule has 0 radical (unpaired) electrons. The van der Waals surface area contributed by atoms with Gasteiger partial charge >= 0.3 is 0 Å². The maximum absolute atomic E-state index is 11.8. The minimum atomic E-state index is 0.101. The number of aldehydes is 1. The Bertz CT molecular complexity index is 4030. The maximum atomic E-state index is 11.8. The van der Waals surface area contributed by atoms with Crippen LogP contribution in [0.4, 0.5) is 5.69 Å². The van der Waals surface area contributed by atoms with Crippen molar-refractivity contribution in [1.29, 1.82) is 10.5 Å². The third kappa shape index (κ3) is 15.8. The molecule has 0 fully saturated rings. The van der Waals surface area contributed by atoms with Gasteiger partial charge in [-0.1, -0.05) is 89.4 Å². The van der Waals surface area contributed by atoms with Crippen LogP contribution in [0.15, 0.2) is 146 Å². The molecule has 18 heteroatoms. The van der Waals surface area contributed by atoms with Crippen molar-refractivity contribution < 1.29 is 42.7 Å². The summed E-state index contributed by atoms with van der Waals surface area (Å²) in [6.07, 6.45) is 10.0. The van der Waals surface area contributed by atoms with Crippen LogP contribution in [0.3, 0.4) is 0 Å². The number of hydrogen-bond donors (Lipinski definition) is 0. The topological polar surface area (TPSA) is 182 Å². The molecular formula is C67H55Cl3N6O9. The smallest absolute Gasteiger partial charge is 0.205 e. The van der Waals surface area contributed by atoms with E-state index in [9.17, 15) is 10.1 Å². The van der Waals surface area contributed by atoms with Gasteiger partial charge in [0.15, 0.2) is 29.3 Å². The molecule has 0 atom stereocenters. The molecule has 0 aliphatic carbocycles. The van der Waals surface area contributed by atoms with Crippen molar-refractivity contribution in [2.45, 2.75) is 67.3 Å². The van der Waals surface area contributed by atoms with Gasteiger partial charge in [0.2, 0.25) is 5.69 Å². The molecule has 0 aliphatic rings. The average molecular weight is 1190 g/mol. The largest absolute Gasteiger partial charge is 0.493 e. The van der Waals surface area contributed by atoms with Gasteiger partial charge in [0, 0.05) is 78.6 Å². The summed E-state index contributed by atoms with van der Waals surface area (Å²) in [6, 6.07) is 37.3. The van der Waals surface area contributed by atoms with E-state index in [4.69, 9.17) is 84.5 Å². The van der Waals surface area contributed by atoms with E-state index in [0.717, 1.165) is 50.1 Å². The predicted molar refractivity (Wildman–Crippen MR) is 325 cm³/mol. The third-order valence-corrected chi connectivity index (χ3v) is 14.5. The molecule has 15 nitrogen and oxygen atoms in total. The molecule has 3 heterocycles. The van der Waals surface area contributed by atoms with Gasteiger partial charge in [0.05, 0.1) is 52.5 Å². The second kappa shape index (κ2) is 29.4. The van der Waals surface area contributed by atoms with Gasteiger partial charge in [0.25, 0.3) is 0 Å². The van der Waals surface area contributed by atoms with Crippen LogP contribution >= 0.6 is 34.8 Å². The fourth-order valence-corrected chi connectivity index (χ4v) is 9.37. The zero-order chi connectivity index (χ0) is 60.4. The number of nitriles is 2. The lowest BCUT2D eigenvalue weighted by molar-refractivity contribution is 0.111. The highest BCUT2D eigenvalue weighted by Gasteiger charge is 2.18. The van der Waals surface area contributed by atoms with Crippen molar-refractivity contribution >= 4 is 46.8 Å². The lowest BCUT2D eigenvalue weighted by Gasteiger charge is -2.18. The number of carbonyl (C=O) groups is 1. The Hall–Kier alpha value is -9.82. The Morgan fingerprint density at radius 3 is 1.32 bits per heavy atom. The van der Waals surface area contributed by atoms with E-state index in [0.29, 0.717) is 91.3 Å². The molecule has 85 heavy (non-hydrogen) atoms. The van der Waals surface area contributed by atoms with Crippen LogP contribution in [0.2, 0.25) is 15.1 Å². The van der Waals surface area contributed by atoms with E-state index in [1.165, 1.54) is 42.9 Å². The summed E-state index contributed by atoms with van der Waals surface area (Å²) in [4.78, 5) is 27.4. The van der Waals surface area contributed by atoms with E-state index in [1.807, 2.05) is 50.2 Å². The molecule has 0 unspecified atom stereocenters. The highest BCUT2D eigenvalue weighted by Crippen LogP contribution is 2.41. The van der Waals surface area contributed by atoms with Gasteiger partial charge in [-0.15, -0.1) is 0 Å². The first kappa shape index (κ1) is 61.3. The molecule has 3 aromatic heterocycles. The van der Waals surface area contributed by atoms with Crippen LogP contribution in [0.5, 0.6) is 46.0 Å². The summed E-state index contributed by atoms with van der Waals surface area (Å²) >= 11 is 19.5. The number of aryl methyl sites for hydroxylation is 1. The van der Waals surface area contributed by atoms with Gasteiger partial charge in [-0.25, -0.2) is 4.85 Å². The van der Waals surface area contributed by atoms with Gasteiger partial charge in [-0.3, -0.25) is 19.7 Å². The van der Waals surface area contributed by atoms with Gasteiger partial charge in [0.1, 0.15) is 74.8 Å². The molecule has 0 spiro atoms. The lowest BCUT2D eigenvalue weighted by atomic mass is 9.92. The Labute approximate surface area is 508 Å². The Balaban J connectivity index is 0.000000272. The molecule has 6 aromatic carbocycles. The van der Waals surface area contributed by atoms with E-state index >= 15 is 0 Å². The first-order chi connectivity index (χ1) is 41.2. The zero-order valence-corrected chi connectivity index (χ0v) is 49.4. The Morgan fingerprint density at radius 1 is 0.471 bits per heavy atom. The molecule has 0 saturated heterocycles. The number of nitrogens with zero attached hydrogens (tertiary/aromatic N) is 6. The molecule has 9 rings (SSSR count). The minimum Gasteiger partial charge on any atom is -0.493 e. The van der Waals surface area contributed by atoms with Crippen molar-refractivity contribution in [3.8, 4) is 69.3 Å². The number of carbonyl (C=O) groups excluding carboxylic acids is 1. The molecular weight excluding hydrogens is 1140 g/mol. The quantitative estimate of drug-likeness (QED) is 0.0461. The summed E-state index contributed by atoms with van der Waals surface area (Å²) in [5, 5.41) is 19.3. The molecule has 428 valence electrons. The highest BCUT2D eigenvalue weighted by molar-refractivity contribution is 6.33. The molecule has 0 bridgehead atoms. The van der Waals surface area contributed by atoms with Crippen LogP contribution in [-0.4, -0.2) is 35.5 Å². The van der Waals surface area contributed by atoms with Crippen LogP contribution in [0.1, 0.15) is 77.1 Å². The van der Waals surface area contributed by atoms with Crippen molar-refractivity contribution in [1.82, 2.24) is 15.0 Å². The average Bonchev–Trinajstić information content (AvgIpc) is 3.32. The number of ether oxygens (including phenoxy) is 8. The molecule has 0 aliphatic heterocycles. The van der Waals surface area contributed by atoms with Gasteiger partial charge in [-0.2, -0.15) is 10.5 Å². The summed E-state index contributed by atoms with van der Waals surface area (Å²) in [5.74, 6) is 3.45. The second-order valence-corrected chi connectivity index (χ2v) is 20.3. The van der Waals surface area contributed by atoms with Crippen LogP contribution < -0.4 is 37.9 Å². The molecule has 0 amide bonds. The van der Waals surface area contributed by atoms with Crippen molar-refractivity contribution in [2.24, 2.45) is 0 Å². The summed E-state index contributed by atoms with van der Waals surface area (Å²) < 4.78 is 47.2. The summed E-state index contributed by atoms with van der Waals surface area (Å²) in [7, 11) is 3.08. The first-order valence-electron chi connectivity index (χ1n) is 26.2. The summed E-state index contributed by atoms with van der Waals surface area (Å²) in [6.45, 7) is 16.8. The number of pyridine rings is 3. The lowest BCUT2D eigenvalue weighted by Crippen LogP contribution is -2.04. The monoisotopic (exact) mass is 1190 g/mol. The fourth-order valence-electron chi connectivity index (χ4n) is 8.73. The van der Waals surface area contributed by atoms with Crippen molar-refractivity contribution in [3.05, 3.63) is 245 Å². The van der Waals surface area contributed by atoms with E-state index in [-0.39, 0.29) is 43.6 Å². The molecule has 0 N–H and O–H groups in total. The summed E-state index contributed by atoms with van der Waals surface area (Å²) in [5.41, 5.74) is 13.3. The number of hydrogen-bond acceptors (Lipinski definition) is 14. The van der Waals surface area contributed by atoms with Crippen molar-refractivity contribution in [2.75, 3.05) is 14.2 Å². The Morgan fingerprint density at radius 2 is 0.871 bits per heavy atom. The van der Waals surface area contributed by atoms with Crippen LogP contribution in [-0.2, 0) is 39.6 Å². The molecule has 9 aromatic rings. The van der Waals surface area contributed by atoms with E-state index in [2.05, 4.69) is 64.0 Å². The molecule has 0 saturated carbocycles. The van der Waals surface area contributed by atoms with Crippen LogP contribution in [0.25, 0.3) is 16.0 Å². The number of benzene rings is 6. The van der Waals surface area contributed by atoms with E-state index in [1.54, 1.807) is 74.2 Å². The normalized spacial score (nSPS) is 10.5. The number of aromatic nitrogens is 3. The maximum Gasteiger partial charge on any atom is 0.205 e. The Kier molecular flexibility index (Phi) is 21.2. The predicted octanol–water partition coefficient (Wildman–Crippen LogP) is 16.0. The van der Waals surface area contributed by atoms with E-state index < -0.39 is 0 Å². The number of methoxy groups -OCH3 is 2. The second-order valence-electron chi connectivity index (χ2n) is 19.1. The number of halogens is 3. The fraction of sp³-hybridized carbons (Fsp3) is 0.179. The standard InChI is InChI=1S/C44H34Cl2N4O6.C23H21ClN2O3/c1-27-32(25-55-41-15-40(34(22-51)13-38(41)45)53-24-31-12-35(48-3)21-50-20-31)7-5-9-36(27)37-10-6-8-33(28(37)2)26-56-42-16-44(43(52-4)14-39(42)46)54-23-30-11-29(17-47)18-49-19-30;1-15-5-4-6-19(16(15)2)14-29-21-9-23(22(27-3)8-20(21)24)28-13-18-7-17(10-25)11-26-12-18/h5-16,18-22H,23-26H2,1-2,4H3;4-9,11-12H,13-14H2,1-3H3. The van der Waals surface area contributed by atoms with Crippen LogP contribution in [0, 0.1) is 56.9 Å². The van der Waals surface area contributed by atoms with Gasteiger partial charge < -0.3 is 37.9 Å². The first-order valence-corrected chi connectivity index (χ1v) is 27.4. The van der Waals surface area contributed by atoms with Crippen molar-refractivity contribution in [3.63, 3.8) is 0 Å². The third-order valence-electron chi connectivity index (χ3n) is 13.6. The minimum absolute atomic E-state index is 0.101. The highest BCUT2D eigenvalue weighted by atomic mass is 35.5. The van der Waals surface area contributed by atoms with Gasteiger partial charge in [-0.05, 0) is 108 Å². The zero-order valence-electron chi connectivity index (χ0n) is 47.2. The SMILES string of the molecule is COc1cc(Cl)c(OCc2cccc(C)c2C)cc1OCc1cncc(C#N)c1.[C-]#[N+]c1cncc(COc2cc(OCc3cccc(-c4cccc(COc5cc(OCc6cncc(C#N)c6)c(OC)cc5Cl)c4C)c3C)c(Cl)cc2C=O)c1.